The standard InChI is InChI=1S/C16H14N2O4/c1-10(19)13-4-2-3-5-14(13)16(21)17-12-8-6-11(7-9-12)15(20)18-22/h2-9,22H,1H3,(H,17,21)(H,18,20). The van der Waals surface area contributed by atoms with Crippen molar-refractivity contribution >= 4 is 23.3 Å². The molecule has 0 unspecified atom stereocenters. The first kappa shape index (κ1) is 15.4. The molecule has 0 radical (unpaired) electrons. The van der Waals surface area contributed by atoms with Crippen LogP contribution in [0.3, 0.4) is 0 Å². The lowest BCUT2D eigenvalue weighted by Crippen LogP contribution is -2.19. The van der Waals surface area contributed by atoms with Crippen molar-refractivity contribution in [2.75, 3.05) is 5.32 Å². The number of hydrogen-bond donors (Lipinski definition) is 3. The van der Waals surface area contributed by atoms with E-state index in [4.69, 9.17) is 5.21 Å². The lowest BCUT2D eigenvalue weighted by molar-refractivity contribution is 0.0706. The van der Waals surface area contributed by atoms with Gasteiger partial charge in [-0.3, -0.25) is 19.6 Å². The fourth-order valence-corrected chi connectivity index (χ4v) is 1.96. The van der Waals surface area contributed by atoms with Gasteiger partial charge in [-0.15, -0.1) is 0 Å². The third-order valence-corrected chi connectivity index (χ3v) is 3.06. The minimum absolute atomic E-state index is 0.194. The number of hydroxylamine groups is 1. The number of Topliss-reactive ketones (excluding diaryl/α,β-unsaturated/α-hetero) is 1. The van der Waals surface area contributed by atoms with Gasteiger partial charge in [0.15, 0.2) is 5.78 Å². The Morgan fingerprint density at radius 2 is 1.45 bits per heavy atom. The zero-order valence-electron chi connectivity index (χ0n) is 11.8. The molecule has 2 aromatic carbocycles. The molecule has 0 bridgehead atoms. The van der Waals surface area contributed by atoms with Gasteiger partial charge in [0.1, 0.15) is 0 Å². The maximum atomic E-state index is 12.2. The topological polar surface area (TPSA) is 95.5 Å². The Hall–Kier alpha value is -2.99. The third-order valence-electron chi connectivity index (χ3n) is 3.06. The van der Waals surface area contributed by atoms with E-state index in [0.29, 0.717) is 11.3 Å². The summed E-state index contributed by atoms with van der Waals surface area (Å²) in [6, 6.07) is 12.5. The van der Waals surface area contributed by atoms with Crippen molar-refractivity contribution in [3.05, 3.63) is 65.2 Å². The highest BCUT2D eigenvalue weighted by atomic mass is 16.5. The van der Waals surface area contributed by atoms with Crippen LogP contribution in [0.4, 0.5) is 5.69 Å². The Bertz CT molecular complexity index is 723. The summed E-state index contributed by atoms with van der Waals surface area (Å²) in [7, 11) is 0. The molecule has 0 fully saturated rings. The molecular formula is C16H14N2O4. The first-order valence-electron chi connectivity index (χ1n) is 6.48. The van der Waals surface area contributed by atoms with E-state index in [2.05, 4.69) is 5.32 Å². The van der Waals surface area contributed by atoms with Crippen molar-refractivity contribution in [1.29, 1.82) is 0 Å². The van der Waals surface area contributed by atoms with Crippen LogP contribution in [-0.2, 0) is 0 Å². The number of carbonyl (C=O) groups is 3. The van der Waals surface area contributed by atoms with Crippen molar-refractivity contribution in [1.82, 2.24) is 5.48 Å². The molecule has 6 nitrogen and oxygen atoms in total. The fraction of sp³-hybridized carbons (Fsp3) is 0.0625. The maximum absolute atomic E-state index is 12.2. The first-order chi connectivity index (χ1) is 10.5. The highest BCUT2D eigenvalue weighted by Crippen LogP contribution is 2.14. The van der Waals surface area contributed by atoms with Gasteiger partial charge in [0.2, 0.25) is 0 Å². The van der Waals surface area contributed by atoms with Gasteiger partial charge >= 0.3 is 0 Å². The molecule has 3 N–H and O–H groups in total. The SMILES string of the molecule is CC(=O)c1ccccc1C(=O)Nc1ccc(C(=O)NO)cc1. The number of carbonyl (C=O) groups excluding carboxylic acids is 3. The number of ketones is 1. The molecule has 0 aliphatic heterocycles. The van der Waals surface area contributed by atoms with Crippen LogP contribution in [0.2, 0.25) is 0 Å². The molecular weight excluding hydrogens is 284 g/mol. The summed E-state index contributed by atoms with van der Waals surface area (Å²) in [5.41, 5.74) is 2.88. The van der Waals surface area contributed by atoms with E-state index in [9.17, 15) is 14.4 Å². The molecule has 22 heavy (non-hydrogen) atoms. The number of nitrogens with one attached hydrogen (secondary N) is 2. The molecule has 2 rings (SSSR count). The maximum Gasteiger partial charge on any atom is 0.274 e. The van der Waals surface area contributed by atoms with E-state index in [-0.39, 0.29) is 16.9 Å². The van der Waals surface area contributed by atoms with E-state index >= 15 is 0 Å². The molecule has 0 atom stereocenters. The van der Waals surface area contributed by atoms with Gasteiger partial charge in [-0.1, -0.05) is 18.2 Å². The second-order valence-electron chi connectivity index (χ2n) is 4.57. The summed E-state index contributed by atoms with van der Waals surface area (Å²) < 4.78 is 0. The Kier molecular flexibility index (Phi) is 4.65. The summed E-state index contributed by atoms with van der Waals surface area (Å²) in [6.07, 6.45) is 0. The largest absolute Gasteiger partial charge is 0.322 e. The van der Waals surface area contributed by atoms with Crippen molar-refractivity contribution < 1.29 is 19.6 Å². The molecule has 2 amide bonds. The van der Waals surface area contributed by atoms with Gasteiger partial charge in [0.05, 0.1) is 5.56 Å². The van der Waals surface area contributed by atoms with Crippen LogP contribution in [0, 0.1) is 0 Å². The van der Waals surface area contributed by atoms with Gasteiger partial charge in [-0.2, -0.15) is 0 Å². The Balaban J connectivity index is 2.19. The minimum Gasteiger partial charge on any atom is -0.322 e. The Labute approximate surface area is 126 Å². The summed E-state index contributed by atoms with van der Waals surface area (Å²) in [4.78, 5) is 35.0. The second-order valence-corrected chi connectivity index (χ2v) is 4.57. The van der Waals surface area contributed by atoms with E-state index in [0.717, 1.165) is 0 Å². The van der Waals surface area contributed by atoms with Gasteiger partial charge in [-0.05, 0) is 37.3 Å². The Morgan fingerprint density at radius 1 is 0.864 bits per heavy atom. The van der Waals surface area contributed by atoms with Crippen LogP contribution in [0.15, 0.2) is 48.5 Å². The van der Waals surface area contributed by atoms with E-state index in [1.165, 1.54) is 36.7 Å². The zero-order chi connectivity index (χ0) is 16.1. The van der Waals surface area contributed by atoms with E-state index < -0.39 is 11.8 Å². The summed E-state index contributed by atoms with van der Waals surface area (Å²) >= 11 is 0. The first-order valence-corrected chi connectivity index (χ1v) is 6.48. The molecule has 2 aromatic rings. The second kappa shape index (κ2) is 6.64. The normalized spacial score (nSPS) is 9.91. The Morgan fingerprint density at radius 3 is 2.00 bits per heavy atom. The van der Waals surface area contributed by atoms with Crippen molar-refractivity contribution in [2.45, 2.75) is 6.92 Å². The number of rotatable bonds is 4. The molecule has 0 heterocycles. The van der Waals surface area contributed by atoms with Gasteiger partial charge < -0.3 is 5.32 Å². The van der Waals surface area contributed by atoms with Crippen LogP contribution in [0.1, 0.15) is 38.0 Å². The molecule has 112 valence electrons. The molecule has 0 aromatic heterocycles. The number of anilines is 1. The van der Waals surface area contributed by atoms with Gasteiger partial charge in [0, 0.05) is 16.8 Å². The number of hydrogen-bond acceptors (Lipinski definition) is 4. The smallest absolute Gasteiger partial charge is 0.274 e. The highest BCUT2D eigenvalue weighted by molar-refractivity contribution is 6.12. The van der Waals surface area contributed by atoms with Crippen LogP contribution < -0.4 is 10.8 Å². The number of amides is 2. The highest BCUT2D eigenvalue weighted by Gasteiger charge is 2.14. The fourth-order valence-electron chi connectivity index (χ4n) is 1.96. The molecule has 0 saturated heterocycles. The molecule has 0 saturated carbocycles. The zero-order valence-corrected chi connectivity index (χ0v) is 11.8. The van der Waals surface area contributed by atoms with Gasteiger partial charge in [0.25, 0.3) is 11.8 Å². The van der Waals surface area contributed by atoms with Gasteiger partial charge in [-0.25, -0.2) is 5.48 Å². The van der Waals surface area contributed by atoms with Crippen molar-refractivity contribution in [2.24, 2.45) is 0 Å². The minimum atomic E-state index is -0.639. The van der Waals surface area contributed by atoms with Crippen molar-refractivity contribution in [3.8, 4) is 0 Å². The predicted molar refractivity (Wildman–Crippen MR) is 80.1 cm³/mol. The van der Waals surface area contributed by atoms with Crippen LogP contribution >= 0.6 is 0 Å². The third kappa shape index (κ3) is 3.36. The molecule has 6 heteroatoms. The molecule has 0 aliphatic carbocycles. The average Bonchev–Trinajstić information content (AvgIpc) is 2.54. The predicted octanol–water partition coefficient (Wildman–Crippen LogP) is 2.26. The molecule has 0 spiro atoms. The quantitative estimate of drug-likeness (QED) is 0.458. The molecule has 0 aliphatic rings. The average molecular weight is 298 g/mol. The lowest BCUT2D eigenvalue weighted by atomic mass is 10.0. The van der Waals surface area contributed by atoms with Crippen LogP contribution in [-0.4, -0.2) is 22.8 Å². The lowest BCUT2D eigenvalue weighted by Gasteiger charge is -2.08. The summed E-state index contributed by atoms with van der Waals surface area (Å²) in [5, 5.41) is 11.2. The summed E-state index contributed by atoms with van der Waals surface area (Å²) in [6.45, 7) is 1.40. The number of benzene rings is 2. The van der Waals surface area contributed by atoms with E-state index in [1.807, 2.05) is 0 Å². The van der Waals surface area contributed by atoms with Crippen LogP contribution in [0.5, 0.6) is 0 Å². The van der Waals surface area contributed by atoms with Crippen LogP contribution in [0.25, 0.3) is 0 Å². The monoisotopic (exact) mass is 298 g/mol. The van der Waals surface area contributed by atoms with E-state index in [1.54, 1.807) is 24.3 Å². The summed E-state index contributed by atoms with van der Waals surface area (Å²) in [5.74, 6) is -1.24. The van der Waals surface area contributed by atoms with Crippen molar-refractivity contribution in [3.63, 3.8) is 0 Å².